The van der Waals surface area contributed by atoms with Crippen molar-refractivity contribution in [3.8, 4) is 22.9 Å². The quantitative estimate of drug-likeness (QED) is 0.112. The van der Waals surface area contributed by atoms with E-state index in [1.807, 2.05) is 48.5 Å². The number of fused-ring (bicyclic) bond motifs is 9. The molecule has 8 rings (SSSR count). The van der Waals surface area contributed by atoms with Crippen molar-refractivity contribution in [2.24, 2.45) is 0 Å². The Morgan fingerprint density at radius 3 is 2.12 bits per heavy atom. The van der Waals surface area contributed by atoms with E-state index in [1.54, 1.807) is 0 Å². The third-order valence-electron chi connectivity index (χ3n) is 7.48. The largest absolute Gasteiger partial charge is 2.00 e. The van der Waals surface area contributed by atoms with Gasteiger partial charge in [-0.2, -0.15) is 0 Å². The van der Waals surface area contributed by atoms with Gasteiger partial charge in [-0.1, -0.05) is 71.4 Å². The normalized spacial score (nSPS) is 11.7. The summed E-state index contributed by atoms with van der Waals surface area (Å²) in [6.07, 6.45) is 0. The molecule has 0 amide bonds. The molecular formula is C35H24N4OPd. The van der Waals surface area contributed by atoms with Crippen LogP contribution in [-0.2, 0) is 20.4 Å². The molecule has 5 aromatic carbocycles. The first kappa shape index (κ1) is 25.5. The number of para-hydroxylation sites is 5. The van der Waals surface area contributed by atoms with Crippen molar-refractivity contribution < 1.29 is 25.2 Å². The molecule has 0 atom stereocenters. The molecule has 41 heavy (non-hydrogen) atoms. The zero-order valence-corrected chi connectivity index (χ0v) is 24.0. The van der Waals surface area contributed by atoms with Gasteiger partial charge in [-0.15, -0.1) is 29.8 Å². The van der Waals surface area contributed by atoms with Crippen LogP contribution in [0.3, 0.4) is 0 Å². The van der Waals surface area contributed by atoms with Crippen LogP contribution in [-0.4, -0.2) is 18.9 Å². The van der Waals surface area contributed by atoms with Crippen LogP contribution in [0.25, 0.3) is 60.8 Å². The van der Waals surface area contributed by atoms with Crippen molar-refractivity contribution in [3.63, 3.8) is 0 Å². The minimum atomic E-state index is 0. The van der Waals surface area contributed by atoms with Gasteiger partial charge in [0, 0.05) is 23.1 Å². The van der Waals surface area contributed by atoms with Crippen molar-refractivity contribution >= 4 is 49.4 Å². The zero-order chi connectivity index (χ0) is 26.8. The smallest absolute Gasteiger partial charge is 0.497 e. The second-order valence-corrected chi connectivity index (χ2v) is 10.3. The Hall–Kier alpha value is -4.50. The summed E-state index contributed by atoms with van der Waals surface area (Å²) in [5, 5.41) is 3.16. The molecule has 0 radical (unpaired) electrons. The molecule has 3 heterocycles. The summed E-state index contributed by atoms with van der Waals surface area (Å²) in [6.45, 7) is 4.34. The minimum Gasteiger partial charge on any atom is -0.497 e. The zero-order valence-electron chi connectivity index (χ0n) is 22.4. The molecule has 6 heteroatoms. The van der Waals surface area contributed by atoms with E-state index in [0.29, 0.717) is 11.5 Å². The van der Waals surface area contributed by atoms with Gasteiger partial charge in [0.25, 0.3) is 0 Å². The number of aromatic nitrogens is 4. The van der Waals surface area contributed by atoms with Crippen molar-refractivity contribution in [1.29, 1.82) is 0 Å². The van der Waals surface area contributed by atoms with Crippen LogP contribution in [0.15, 0.2) is 103 Å². The molecule has 5 nitrogen and oxygen atoms in total. The molecule has 0 bridgehead atoms. The van der Waals surface area contributed by atoms with Gasteiger partial charge in [0.1, 0.15) is 0 Å². The standard InChI is InChI=1S/C35H24N4O.Pd/c1-22(2)38-32-16-7-4-13-29(32)36-34(38)23-10-9-11-24(20-23)40-25-18-19-26-27-12-3-6-15-31(27)39-33-17-8-5-14-30(33)37-35(39)28(26)21-25;/h3-19,22H,1-2H3;/q-2;+2. The van der Waals surface area contributed by atoms with Gasteiger partial charge in [-0.25, -0.2) is 0 Å². The molecule has 0 aliphatic rings. The fourth-order valence-electron chi connectivity index (χ4n) is 5.78. The molecule has 0 saturated carbocycles. The number of imidazole rings is 2. The number of nitrogens with zero attached hydrogens (tertiary/aromatic N) is 4. The number of ether oxygens (including phenoxy) is 1. The Morgan fingerprint density at radius 1 is 0.634 bits per heavy atom. The number of benzene rings is 5. The van der Waals surface area contributed by atoms with Crippen LogP contribution in [0.4, 0.5) is 0 Å². The van der Waals surface area contributed by atoms with Gasteiger partial charge in [-0.05, 0) is 49.6 Å². The van der Waals surface area contributed by atoms with E-state index < -0.39 is 0 Å². The van der Waals surface area contributed by atoms with Gasteiger partial charge < -0.3 is 13.7 Å². The molecule has 0 spiro atoms. The number of rotatable bonds is 4. The topological polar surface area (TPSA) is 44.4 Å². The minimum absolute atomic E-state index is 0. The number of hydrogen-bond acceptors (Lipinski definition) is 3. The predicted octanol–water partition coefficient (Wildman–Crippen LogP) is 8.78. The maximum absolute atomic E-state index is 6.37. The van der Waals surface area contributed by atoms with Crippen molar-refractivity contribution in [3.05, 3.63) is 115 Å². The molecule has 0 N–H and O–H groups in total. The molecule has 0 aliphatic carbocycles. The van der Waals surface area contributed by atoms with Crippen molar-refractivity contribution in [1.82, 2.24) is 18.9 Å². The van der Waals surface area contributed by atoms with Gasteiger partial charge in [0.05, 0.1) is 33.5 Å². The summed E-state index contributed by atoms with van der Waals surface area (Å²) < 4.78 is 10.8. The van der Waals surface area contributed by atoms with Crippen LogP contribution in [0.2, 0.25) is 0 Å². The molecule has 0 fully saturated rings. The second kappa shape index (κ2) is 9.85. The summed E-state index contributed by atoms with van der Waals surface area (Å²) in [5.41, 5.74) is 6.98. The van der Waals surface area contributed by atoms with E-state index in [1.165, 1.54) is 0 Å². The van der Waals surface area contributed by atoms with E-state index in [0.717, 1.165) is 60.8 Å². The molecule has 0 aliphatic heterocycles. The summed E-state index contributed by atoms with van der Waals surface area (Å²) in [6, 6.07) is 42.1. The third kappa shape index (κ3) is 4.02. The first-order chi connectivity index (χ1) is 19.7. The van der Waals surface area contributed by atoms with Gasteiger partial charge in [0.2, 0.25) is 0 Å². The van der Waals surface area contributed by atoms with E-state index in [9.17, 15) is 0 Å². The molecule has 200 valence electrons. The Labute approximate surface area is 250 Å². The number of hydrogen-bond donors (Lipinski definition) is 0. The van der Waals surface area contributed by atoms with E-state index in [-0.39, 0.29) is 26.5 Å². The molecule has 3 aromatic heterocycles. The predicted molar refractivity (Wildman–Crippen MR) is 161 cm³/mol. The molecule has 0 saturated heterocycles. The fourth-order valence-corrected chi connectivity index (χ4v) is 5.78. The molecule has 0 unspecified atom stereocenters. The van der Waals surface area contributed by atoms with Crippen LogP contribution < -0.4 is 4.74 Å². The molecular weight excluding hydrogens is 599 g/mol. The average Bonchev–Trinajstić information content (AvgIpc) is 3.57. The SMILES string of the molecule is CC(C)n1c(-c2[c-]c(Oc3[c-]c4c(cc3)c3ccccc3n3c5ccccc5nc43)ccc2)nc2ccccc21.[Pd+2]. The summed E-state index contributed by atoms with van der Waals surface area (Å²) in [4.78, 5) is 9.93. The fraction of sp³-hybridized carbons (Fsp3) is 0.0857. The maximum Gasteiger partial charge on any atom is 2.00 e. The van der Waals surface area contributed by atoms with Gasteiger partial charge >= 0.3 is 20.4 Å². The number of pyridine rings is 1. The Balaban J connectivity index is 0.00000276. The first-order valence-corrected chi connectivity index (χ1v) is 13.5. The van der Waals surface area contributed by atoms with E-state index >= 15 is 0 Å². The molecule has 8 aromatic rings. The van der Waals surface area contributed by atoms with Crippen LogP contribution >= 0.6 is 0 Å². The second-order valence-electron chi connectivity index (χ2n) is 10.3. The average molecular weight is 623 g/mol. The maximum atomic E-state index is 6.37. The van der Waals surface area contributed by atoms with Gasteiger partial charge in [0.15, 0.2) is 0 Å². The Bertz CT molecular complexity index is 2250. The van der Waals surface area contributed by atoms with Crippen LogP contribution in [0.5, 0.6) is 11.5 Å². The van der Waals surface area contributed by atoms with Crippen molar-refractivity contribution in [2.75, 3.05) is 0 Å². The summed E-state index contributed by atoms with van der Waals surface area (Å²) in [5.74, 6) is 2.10. The van der Waals surface area contributed by atoms with E-state index in [4.69, 9.17) is 14.7 Å². The van der Waals surface area contributed by atoms with E-state index in [2.05, 4.69) is 89.5 Å². The third-order valence-corrected chi connectivity index (χ3v) is 7.48. The Kier molecular flexibility index (Phi) is 6.12. The first-order valence-electron chi connectivity index (χ1n) is 13.5. The summed E-state index contributed by atoms with van der Waals surface area (Å²) in [7, 11) is 0. The van der Waals surface area contributed by atoms with Crippen LogP contribution in [0, 0.1) is 12.1 Å². The van der Waals surface area contributed by atoms with Crippen LogP contribution in [0.1, 0.15) is 19.9 Å². The van der Waals surface area contributed by atoms with Crippen molar-refractivity contribution in [2.45, 2.75) is 19.9 Å². The monoisotopic (exact) mass is 622 g/mol. The van der Waals surface area contributed by atoms with Gasteiger partial charge in [-0.3, -0.25) is 9.97 Å². The summed E-state index contributed by atoms with van der Waals surface area (Å²) >= 11 is 0. The Morgan fingerprint density at radius 2 is 1.32 bits per heavy atom.